The number of allylic oxidation sites excluding steroid dienone is 6. The Kier molecular flexibility index (Phi) is 6.21. The molecular weight excluding hydrogens is 216 g/mol. The molecule has 0 N–H and O–H groups in total. The fraction of sp³-hybridized carbons (Fsp3) is 0.333. The lowest BCUT2D eigenvalue weighted by molar-refractivity contribution is 1.27. The summed E-state index contributed by atoms with van der Waals surface area (Å²) in [4.78, 5) is 0. The fourth-order valence-corrected chi connectivity index (χ4v) is 2.25. The van der Waals surface area contributed by atoms with Gasteiger partial charge in [0.05, 0.1) is 0 Å². The van der Waals surface area contributed by atoms with Gasteiger partial charge in [0.25, 0.3) is 0 Å². The first-order valence-corrected chi connectivity index (χ1v) is 7.09. The summed E-state index contributed by atoms with van der Waals surface area (Å²) < 4.78 is 0. The molecule has 0 atom stereocenters. The van der Waals surface area contributed by atoms with Crippen LogP contribution < -0.4 is 0 Å². The molecule has 3 rings (SSSR count). The summed E-state index contributed by atoms with van der Waals surface area (Å²) in [7, 11) is 0. The van der Waals surface area contributed by atoms with Gasteiger partial charge in [-0.05, 0) is 35.1 Å². The molecule has 0 nitrogen and oxygen atoms in total. The summed E-state index contributed by atoms with van der Waals surface area (Å²) in [6.07, 6.45) is 11.1. The van der Waals surface area contributed by atoms with Crippen molar-refractivity contribution in [2.24, 2.45) is 0 Å². The second-order valence-electron chi connectivity index (χ2n) is 3.81. The minimum atomic E-state index is 1.06. The van der Waals surface area contributed by atoms with Gasteiger partial charge in [-0.25, -0.2) is 0 Å². The van der Waals surface area contributed by atoms with Crippen LogP contribution in [-0.2, 0) is 6.42 Å². The predicted octanol–water partition coefficient (Wildman–Crippen LogP) is 5.56. The highest BCUT2D eigenvalue weighted by atomic mass is 14.2. The van der Waals surface area contributed by atoms with Crippen LogP contribution in [0.5, 0.6) is 0 Å². The highest BCUT2D eigenvalue weighted by Gasteiger charge is 2.19. The number of fused-ring (bicyclic) bond motifs is 3. The van der Waals surface area contributed by atoms with Crippen LogP contribution >= 0.6 is 0 Å². The Bertz CT molecular complexity index is 459. The first-order chi connectivity index (χ1) is 8.95. The van der Waals surface area contributed by atoms with Gasteiger partial charge >= 0.3 is 0 Å². The normalized spacial score (nSPS) is 14.7. The third-order valence-electron chi connectivity index (χ3n) is 2.93. The van der Waals surface area contributed by atoms with E-state index in [0.717, 1.165) is 12.8 Å². The highest BCUT2D eigenvalue weighted by Crippen LogP contribution is 2.37. The van der Waals surface area contributed by atoms with E-state index >= 15 is 0 Å². The molecule has 1 aromatic carbocycles. The van der Waals surface area contributed by atoms with Crippen LogP contribution in [0.4, 0.5) is 0 Å². The SMILES string of the molecule is C1=CCC=C2C(=C1)Cc1ccccc12.CC.CC. The van der Waals surface area contributed by atoms with Crippen LogP contribution in [0.1, 0.15) is 45.2 Å². The second-order valence-corrected chi connectivity index (χ2v) is 3.81. The van der Waals surface area contributed by atoms with E-state index in [2.05, 4.69) is 48.6 Å². The largest absolute Gasteiger partial charge is 0.0807 e. The highest BCUT2D eigenvalue weighted by molar-refractivity contribution is 5.86. The Hall–Kier alpha value is -1.56. The van der Waals surface area contributed by atoms with Gasteiger partial charge in [-0.2, -0.15) is 0 Å². The van der Waals surface area contributed by atoms with Crippen molar-refractivity contribution in [1.82, 2.24) is 0 Å². The third kappa shape index (κ3) is 3.01. The summed E-state index contributed by atoms with van der Waals surface area (Å²) in [5.74, 6) is 0. The summed E-state index contributed by atoms with van der Waals surface area (Å²) in [6, 6.07) is 8.71. The summed E-state index contributed by atoms with van der Waals surface area (Å²) in [5, 5.41) is 0. The molecule has 2 aliphatic rings. The summed E-state index contributed by atoms with van der Waals surface area (Å²) in [5.41, 5.74) is 5.83. The molecule has 0 saturated carbocycles. The lowest BCUT2D eigenvalue weighted by Crippen LogP contribution is -1.78. The van der Waals surface area contributed by atoms with Crippen LogP contribution in [0, 0.1) is 0 Å². The van der Waals surface area contributed by atoms with E-state index in [0.29, 0.717) is 0 Å². The Morgan fingerprint density at radius 2 is 1.67 bits per heavy atom. The van der Waals surface area contributed by atoms with E-state index in [9.17, 15) is 0 Å². The minimum Gasteiger partial charge on any atom is -0.0807 e. The zero-order chi connectivity index (χ0) is 13.4. The fourth-order valence-electron chi connectivity index (χ4n) is 2.25. The Morgan fingerprint density at radius 3 is 2.44 bits per heavy atom. The van der Waals surface area contributed by atoms with Crippen molar-refractivity contribution in [2.45, 2.75) is 40.5 Å². The Balaban J connectivity index is 0.000000371. The van der Waals surface area contributed by atoms with E-state index < -0.39 is 0 Å². The topological polar surface area (TPSA) is 0 Å². The van der Waals surface area contributed by atoms with Crippen LogP contribution in [-0.4, -0.2) is 0 Å². The average Bonchev–Trinajstić information content (AvgIpc) is 2.65. The molecule has 0 spiro atoms. The monoisotopic (exact) mass is 240 g/mol. The maximum Gasteiger partial charge on any atom is -0.00136 e. The van der Waals surface area contributed by atoms with Gasteiger partial charge in [-0.15, -0.1) is 0 Å². The van der Waals surface area contributed by atoms with Gasteiger partial charge in [0.2, 0.25) is 0 Å². The van der Waals surface area contributed by atoms with Crippen molar-refractivity contribution in [3.05, 3.63) is 65.3 Å². The van der Waals surface area contributed by atoms with Crippen molar-refractivity contribution in [3.8, 4) is 0 Å². The van der Waals surface area contributed by atoms with Gasteiger partial charge in [0, 0.05) is 0 Å². The molecule has 0 amide bonds. The van der Waals surface area contributed by atoms with Gasteiger partial charge < -0.3 is 0 Å². The van der Waals surface area contributed by atoms with E-state index in [1.165, 1.54) is 22.3 Å². The quantitative estimate of drug-likeness (QED) is 0.556. The molecule has 0 aromatic heterocycles. The van der Waals surface area contributed by atoms with Crippen LogP contribution in [0.15, 0.2) is 54.1 Å². The zero-order valence-electron chi connectivity index (χ0n) is 12.0. The number of rotatable bonds is 0. The van der Waals surface area contributed by atoms with Gasteiger partial charge in [0.1, 0.15) is 0 Å². The standard InChI is InChI=1S/C14H12.2C2H6/c1-2-6-11-10-12-7-4-5-9-14(12)13(11)8-3-1;2*1-2/h1-2,4-9H,3,10H2;2*1-2H3. The van der Waals surface area contributed by atoms with Crippen molar-refractivity contribution < 1.29 is 0 Å². The molecule has 0 radical (unpaired) electrons. The molecule has 0 fully saturated rings. The first-order valence-electron chi connectivity index (χ1n) is 7.09. The Labute approximate surface area is 112 Å². The van der Waals surface area contributed by atoms with Gasteiger partial charge in [0.15, 0.2) is 0 Å². The maximum atomic E-state index is 2.33. The van der Waals surface area contributed by atoms with Crippen molar-refractivity contribution in [3.63, 3.8) is 0 Å². The predicted molar refractivity (Wildman–Crippen MR) is 82.7 cm³/mol. The molecule has 96 valence electrons. The smallest absolute Gasteiger partial charge is 0.00136 e. The zero-order valence-corrected chi connectivity index (χ0v) is 12.0. The molecule has 0 heterocycles. The van der Waals surface area contributed by atoms with Gasteiger partial charge in [-0.1, -0.05) is 76.3 Å². The molecule has 0 unspecified atom stereocenters. The molecule has 0 heteroatoms. The minimum absolute atomic E-state index is 1.06. The average molecular weight is 240 g/mol. The number of hydrogen-bond acceptors (Lipinski definition) is 0. The van der Waals surface area contributed by atoms with Crippen molar-refractivity contribution >= 4 is 5.57 Å². The van der Waals surface area contributed by atoms with E-state index in [1.807, 2.05) is 27.7 Å². The molecule has 0 saturated heterocycles. The second kappa shape index (κ2) is 7.71. The van der Waals surface area contributed by atoms with Gasteiger partial charge in [-0.3, -0.25) is 0 Å². The molecule has 1 aromatic rings. The number of hydrogen-bond donors (Lipinski definition) is 0. The van der Waals surface area contributed by atoms with E-state index in [-0.39, 0.29) is 0 Å². The van der Waals surface area contributed by atoms with E-state index in [1.54, 1.807) is 0 Å². The third-order valence-corrected chi connectivity index (χ3v) is 2.93. The van der Waals surface area contributed by atoms with E-state index in [4.69, 9.17) is 0 Å². The number of benzene rings is 1. The lowest BCUT2D eigenvalue weighted by Gasteiger charge is -1.99. The van der Waals surface area contributed by atoms with Crippen molar-refractivity contribution in [1.29, 1.82) is 0 Å². The molecule has 18 heavy (non-hydrogen) atoms. The molecule has 0 aliphatic heterocycles. The van der Waals surface area contributed by atoms with Crippen LogP contribution in [0.3, 0.4) is 0 Å². The Morgan fingerprint density at radius 1 is 0.944 bits per heavy atom. The summed E-state index contributed by atoms with van der Waals surface area (Å²) in [6.45, 7) is 8.00. The first kappa shape index (κ1) is 14.5. The van der Waals surface area contributed by atoms with Crippen molar-refractivity contribution in [2.75, 3.05) is 0 Å². The van der Waals surface area contributed by atoms with Crippen LogP contribution in [0.2, 0.25) is 0 Å². The molecular formula is C18H24. The summed E-state index contributed by atoms with van der Waals surface area (Å²) >= 11 is 0. The lowest BCUT2D eigenvalue weighted by atomic mass is 10.1. The molecule has 0 bridgehead atoms. The molecule has 2 aliphatic carbocycles. The maximum absolute atomic E-state index is 2.33. The van der Waals surface area contributed by atoms with Crippen LogP contribution in [0.25, 0.3) is 5.57 Å².